The molecule has 29 heavy (non-hydrogen) atoms. The molecule has 0 bridgehead atoms. The standard InChI is InChI=1S/C23H21N3O2S/c1-4-13-26-22(28)17-10-6-8-12-19(17)25-23(26)29-15(3)21(27)20-14(2)24-18-11-7-5-9-16(18)20/h4-12,15,24H,1,13H2,2-3H3. The van der Waals surface area contributed by atoms with Crippen LogP contribution in [0.5, 0.6) is 0 Å². The molecule has 6 heteroatoms. The molecule has 2 heterocycles. The molecule has 1 atom stereocenters. The Labute approximate surface area is 172 Å². The highest BCUT2D eigenvalue weighted by atomic mass is 32.2. The lowest BCUT2D eigenvalue weighted by atomic mass is 10.1. The number of Topliss-reactive ketones (excluding diaryl/α,β-unsaturated/α-hetero) is 1. The molecule has 2 aromatic heterocycles. The molecular weight excluding hydrogens is 382 g/mol. The number of H-pyrrole nitrogens is 1. The molecular formula is C23H21N3O2S. The van der Waals surface area contributed by atoms with Crippen LogP contribution in [0, 0.1) is 6.92 Å². The average molecular weight is 404 g/mol. The monoisotopic (exact) mass is 403 g/mol. The summed E-state index contributed by atoms with van der Waals surface area (Å²) < 4.78 is 1.58. The lowest BCUT2D eigenvalue weighted by Crippen LogP contribution is -2.24. The van der Waals surface area contributed by atoms with Gasteiger partial charge in [0.1, 0.15) is 0 Å². The molecule has 5 nitrogen and oxygen atoms in total. The molecule has 0 aliphatic heterocycles. The predicted molar refractivity (Wildman–Crippen MR) is 119 cm³/mol. The topological polar surface area (TPSA) is 67.8 Å². The first-order valence-corrected chi connectivity index (χ1v) is 10.3. The van der Waals surface area contributed by atoms with Crippen LogP contribution in [0.4, 0.5) is 0 Å². The van der Waals surface area contributed by atoms with Gasteiger partial charge in [0.2, 0.25) is 0 Å². The van der Waals surface area contributed by atoms with Crippen LogP contribution in [0.2, 0.25) is 0 Å². The highest BCUT2D eigenvalue weighted by molar-refractivity contribution is 8.00. The quantitative estimate of drug-likeness (QED) is 0.219. The lowest BCUT2D eigenvalue weighted by molar-refractivity contribution is 0.0995. The van der Waals surface area contributed by atoms with Crippen molar-refractivity contribution >= 4 is 39.4 Å². The van der Waals surface area contributed by atoms with Gasteiger partial charge >= 0.3 is 0 Å². The Morgan fingerprint density at radius 3 is 2.66 bits per heavy atom. The number of allylic oxidation sites excluding steroid dienone is 1. The van der Waals surface area contributed by atoms with Gasteiger partial charge in [0, 0.05) is 28.7 Å². The number of para-hydroxylation sites is 2. The third-order valence-corrected chi connectivity index (χ3v) is 6.02. The Kier molecular flexibility index (Phi) is 5.11. The summed E-state index contributed by atoms with van der Waals surface area (Å²) in [6.45, 7) is 7.85. The van der Waals surface area contributed by atoms with Gasteiger partial charge in [0.15, 0.2) is 10.9 Å². The van der Waals surface area contributed by atoms with Crippen molar-refractivity contribution in [1.29, 1.82) is 0 Å². The van der Waals surface area contributed by atoms with Gasteiger partial charge in [-0.1, -0.05) is 48.2 Å². The number of nitrogens with one attached hydrogen (secondary N) is 1. The molecule has 0 saturated heterocycles. The number of carbonyl (C=O) groups excluding carboxylic acids is 1. The first kappa shape index (κ1) is 19.2. The van der Waals surface area contributed by atoms with Crippen LogP contribution in [-0.4, -0.2) is 25.6 Å². The van der Waals surface area contributed by atoms with E-state index in [-0.39, 0.29) is 11.3 Å². The second-order valence-electron chi connectivity index (χ2n) is 6.91. The summed E-state index contributed by atoms with van der Waals surface area (Å²) in [5, 5.41) is 1.59. The zero-order valence-electron chi connectivity index (χ0n) is 16.3. The number of hydrogen-bond acceptors (Lipinski definition) is 4. The molecule has 0 amide bonds. The van der Waals surface area contributed by atoms with Crippen LogP contribution < -0.4 is 5.56 Å². The summed E-state index contributed by atoms with van der Waals surface area (Å²) in [6, 6.07) is 15.0. The number of aromatic nitrogens is 3. The summed E-state index contributed by atoms with van der Waals surface area (Å²) in [4.78, 5) is 34.1. The fourth-order valence-electron chi connectivity index (χ4n) is 3.54. The van der Waals surface area contributed by atoms with Gasteiger partial charge in [-0.3, -0.25) is 14.2 Å². The maximum absolute atomic E-state index is 13.3. The number of aromatic amines is 1. The van der Waals surface area contributed by atoms with Crippen molar-refractivity contribution in [2.45, 2.75) is 30.8 Å². The molecule has 146 valence electrons. The molecule has 2 aromatic carbocycles. The second kappa shape index (κ2) is 7.72. The Morgan fingerprint density at radius 2 is 1.90 bits per heavy atom. The van der Waals surface area contributed by atoms with E-state index in [4.69, 9.17) is 0 Å². The van der Waals surface area contributed by atoms with Crippen LogP contribution in [0.1, 0.15) is 23.0 Å². The number of ketones is 1. The van der Waals surface area contributed by atoms with E-state index in [1.54, 1.807) is 16.7 Å². The fourth-order valence-corrected chi connectivity index (χ4v) is 4.51. The summed E-state index contributed by atoms with van der Waals surface area (Å²) in [5.74, 6) is 0.0116. The number of benzene rings is 2. The van der Waals surface area contributed by atoms with E-state index in [2.05, 4.69) is 16.5 Å². The Bertz CT molecular complexity index is 1300. The summed E-state index contributed by atoms with van der Waals surface area (Å²) in [7, 11) is 0. The van der Waals surface area contributed by atoms with Crippen molar-refractivity contribution in [3.05, 3.63) is 82.8 Å². The number of nitrogens with zero attached hydrogens (tertiary/aromatic N) is 2. The Balaban J connectivity index is 1.75. The van der Waals surface area contributed by atoms with Gasteiger partial charge in [-0.05, 0) is 32.0 Å². The van der Waals surface area contributed by atoms with Gasteiger partial charge in [-0.2, -0.15) is 0 Å². The van der Waals surface area contributed by atoms with Crippen LogP contribution in [0.25, 0.3) is 21.8 Å². The molecule has 0 radical (unpaired) electrons. The van der Waals surface area contributed by atoms with E-state index < -0.39 is 5.25 Å². The molecule has 0 saturated carbocycles. The normalized spacial score (nSPS) is 12.3. The molecule has 0 aliphatic carbocycles. The average Bonchev–Trinajstić information content (AvgIpc) is 3.06. The van der Waals surface area contributed by atoms with E-state index in [1.165, 1.54) is 11.8 Å². The van der Waals surface area contributed by atoms with Crippen LogP contribution in [-0.2, 0) is 6.54 Å². The number of rotatable bonds is 6. The Hall–Kier alpha value is -3.12. The summed E-state index contributed by atoms with van der Waals surface area (Å²) in [6.07, 6.45) is 1.66. The van der Waals surface area contributed by atoms with Crippen molar-refractivity contribution in [3.8, 4) is 0 Å². The highest BCUT2D eigenvalue weighted by Crippen LogP contribution is 2.29. The molecule has 4 rings (SSSR count). The van der Waals surface area contributed by atoms with E-state index in [1.807, 2.05) is 56.3 Å². The highest BCUT2D eigenvalue weighted by Gasteiger charge is 2.24. The number of aryl methyl sites for hydroxylation is 1. The largest absolute Gasteiger partial charge is 0.358 e. The predicted octanol–water partition coefficient (Wildman–Crippen LogP) is 4.74. The van der Waals surface area contributed by atoms with Crippen molar-refractivity contribution in [1.82, 2.24) is 14.5 Å². The first-order valence-electron chi connectivity index (χ1n) is 9.40. The Morgan fingerprint density at radius 1 is 1.21 bits per heavy atom. The first-order chi connectivity index (χ1) is 14.0. The minimum absolute atomic E-state index is 0.0116. The summed E-state index contributed by atoms with van der Waals surface area (Å²) >= 11 is 1.30. The summed E-state index contributed by atoms with van der Waals surface area (Å²) in [5.41, 5.74) is 2.99. The van der Waals surface area contributed by atoms with E-state index >= 15 is 0 Å². The van der Waals surface area contributed by atoms with Gasteiger partial charge in [0.05, 0.1) is 16.2 Å². The van der Waals surface area contributed by atoms with E-state index in [0.717, 1.165) is 16.6 Å². The maximum atomic E-state index is 13.3. The lowest BCUT2D eigenvalue weighted by Gasteiger charge is -2.15. The van der Waals surface area contributed by atoms with Gasteiger partial charge in [0.25, 0.3) is 5.56 Å². The number of thioether (sulfide) groups is 1. The number of hydrogen-bond donors (Lipinski definition) is 1. The molecule has 0 aliphatic rings. The minimum atomic E-state index is -0.406. The van der Waals surface area contributed by atoms with Gasteiger partial charge < -0.3 is 4.98 Å². The van der Waals surface area contributed by atoms with E-state index in [0.29, 0.717) is 28.2 Å². The van der Waals surface area contributed by atoms with Crippen LogP contribution in [0.15, 0.2) is 71.1 Å². The maximum Gasteiger partial charge on any atom is 0.262 e. The van der Waals surface area contributed by atoms with E-state index in [9.17, 15) is 9.59 Å². The number of fused-ring (bicyclic) bond motifs is 2. The van der Waals surface area contributed by atoms with Crippen molar-refractivity contribution in [2.24, 2.45) is 0 Å². The van der Waals surface area contributed by atoms with Crippen molar-refractivity contribution < 1.29 is 4.79 Å². The smallest absolute Gasteiger partial charge is 0.262 e. The van der Waals surface area contributed by atoms with Crippen LogP contribution in [0.3, 0.4) is 0 Å². The molecule has 0 spiro atoms. The van der Waals surface area contributed by atoms with Gasteiger partial charge in [-0.15, -0.1) is 6.58 Å². The zero-order valence-corrected chi connectivity index (χ0v) is 17.1. The van der Waals surface area contributed by atoms with Gasteiger partial charge in [-0.25, -0.2) is 4.98 Å². The zero-order chi connectivity index (χ0) is 20.5. The van der Waals surface area contributed by atoms with Crippen molar-refractivity contribution in [2.75, 3.05) is 0 Å². The molecule has 0 fully saturated rings. The molecule has 1 N–H and O–H groups in total. The molecule has 1 unspecified atom stereocenters. The van der Waals surface area contributed by atoms with Crippen molar-refractivity contribution in [3.63, 3.8) is 0 Å². The molecule has 4 aromatic rings. The number of carbonyl (C=O) groups is 1. The van der Waals surface area contributed by atoms with Crippen LogP contribution >= 0.6 is 11.8 Å². The minimum Gasteiger partial charge on any atom is -0.358 e. The second-order valence-corrected chi connectivity index (χ2v) is 8.22. The fraction of sp³-hybridized carbons (Fsp3) is 0.174. The third kappa shape index (κ3) is 3.40. The third-order valence-electron chi connectivity index (χ3n) is 4.93. The SMILES string of the molecule is C=CCn1c(SC(C)C(=O)c2c(C)[nH]c3ccccc23)nc2ccccc2c1=O.